The highest BCUT2D eigenvalue weighted by molar-refractivity contribution is 6.05. The van der Waals surface area contributed by atoms with Gasteiger partial charge in [-0.05, 0) is 32.9 Å². The first kappa shape index (κ1) is 23.6. The third-order valence-corrected chi connectivity index (χ3v) is 5.87. The Morgan fingerprint density at radius 2 is 2.00 bits per heavy atom. The number of pyridine rings is 2. The van der Waals surface area contributed by atoms with E-state index in [9.17, 15) is 14.4 Å². The molecule has 2 atom stereocenters. The smallest absolute Gasteiger partial charge is 0.262 e. The van der Waals surface area contributed by atoms with Gasteiger partial charge in [-0.2, -0.15) is 5.10 Å². The van der Waals surface area contributed by atoms with Crippen molar-refractivity contribution < 1.29 is 9.59 Å². The zero-order valence-electron chi connectivity index (χ0n) is 20.4. The predicted octanol–water partition coefficient (Wildman–Crippen LogP) is 2.43. The first-order valence-corrected chi connectivity index (χ1v) is 11.5. The fourth-order valence-electron chi connectivity index (χ4n) is 3.99. The van der Waals surface area contributed by atoms with E-state index in [-0.39, 0.29) is 28.4 Å². The van der Waals surface area contributed by atoms with Crippen LogP contribution in [-0.4, -0.2) is 37.2 Å². The fraction of sp³-hybridized carbons (Fsp3) is 0.458. The van der Waals surface area contributed by atoms with Crippen molar-refractivity contribution in [2.24, 2.45) is 0 Å². The van der Waals surface area contributed by atoms with Gasteiger partial charge in [0.2, 0.25) is 11.3 Å². The standard InChI is InChI=1S/C24H31N7O3/c1-7-30-12-16(20(33)15-9-8-13(2)25-21(15)30)22(34)27-18-11-17(24(4,5)6)29-31(18)23-26-14(3)10-19(32)28-23/h8-9,11-12,14,23,26H,7,10H2,1-6H3,(H,27,34)(H,28,32). The molecule has 0 saturated carbocycles. The van der Waals surface area contributed by atoms with Crippen LogP contribution in [0.2, 0.25) is 0 Å². The van der Waals surface area contributed by atoms with Crippen molar-refractivity contribution >= 4 is 28.7 Å². The topological polar surface area (TPSA) is 123 Å². The summed E-state index contributed by atoms with van der Waals surface area (Å²) in [6.45, 7) is 12.3. The van der Waals surface area contributed by atoms with Gasteiger partial charge in [-0.1, -0.05) is 20.8 Å². The monoisotopic (exact) mass is 465 g/mol. The van der Waals surface area contributed by atoms with E-state index in [1.165, 1.54) is 0 Å². The quantitative estimate of drug-likeness (QED) is 0.544. The molecule has 4 rings (SSSR count). The first-order valence-electron chi connectivity index (χ1n) is 11.5. The van der Waals surface area contributed by atoms with E-state index in [4.69, 9.17) is 0 Å². The van der Waals surface area contributed by atoms with E-state index in [2.05, 4.69) is 26.0 Å². The van der Waals surface area contributed by atoms with Crippen LogP contribution in [0.1, 0.15) is 69.1 Å². The lowest BCUT2D eigenvalue weighted by Crippen LogP contribution is -2.52. The van der Waals surface area contributed by atoms with Gasteiger partial charge >= 0.3 is 0 Å². The molecule has 180 valence electrons. The molecule has 0 aromatic carbocycles. The van der Waals surface area contributed by atoms with E-state index in [1.807, 2.05) is 41.5 Å². The minimum atomic E-state index is -0.626. The van der Waals surface area contributed by atoms with E-state index in [1.54, 1.807) is 33.6 Å². The minimum absolute atomic E-state index is 0.0130. The van der Waals surface area contributed by atoms with Gasteiger partial charge in [0.05, 0.1) is 11.1 Å². The number of fused-ring (bicyclic) bond motifs is 1. The van der Waals surface area contributed by atoms with Crippen LogP contribution in [0, 0.1) is 6.92 Å². The van der Waals surface area contributed by atoms with Gasteiger partial charge in [0.1, 0.15) is 17.0 Å². The summed E-state index contributed by atoms with van der Waals surface area (Å²) in [5.41, 5.74) is 1.41. The summed E-state index contributed by atoms with van der Waals surface area (Å²) < 4.78 is 3.34. The van der Waals surface area contributed by atoms with Crippen molar-refractivity contribution in [3.8, 4) is 0 Å². The Hall–Kier alpha value is -3.53. The van der Waals surface area contributed by atoms with Crippen LogP contribution in [0.25, 0.3) is 11.0 Å². The second kappa shape index (κ2) is 8.68. The zero-order valence-corrected chi connectivity index (χ0v) is 20.4. The molecule has 1 saturated heterocycles. The summed E-state index contributed by atoms with van der Waals surface area (Å²) in [6, 6.07) is 5.18. The average Bonchev–Trinajstić information content (AvgIpc) is 3.17. The van der Waals surface area contributed by atoms with Crippen molar-refractivity contribution in [2.45, 2.75) is 72.3 Å². The van der Waals surface area contributed by atoms with Gasteiger partial charge in [-0.3, -0.25) is 19.7 Å². The molecule has 10 nitrogen and oxygen atoms in total. The molecule has 2 unspecified atom stereocenters. The van der Waals surface area contributed by atoms with Crippen LogP contribution >= 0.6 is 0 Å². The second-order valence-corrected chi connectivity index (χ2v) is 9.79. The molecule has 0 radical (unpaired) electrons. The minimum Gasteiger partial charge on any atom is -0.332 e. The largest absolute Gasteiger partial charge is 0.332 e. The SMILES string of the molecule is CCn1cc(C(=O)Nc2cc(C(C)(C)C)nn2C2NC(=O)CC(C)N2)c(=O)c2ccc(C)nc21. The summed E-state index contributed by atoms with van der Waals surface area (Å²) in [4.78, 5) is 43.1. The lowest BCUT2D eigenvalue weighted by molar-refractivity contribution is -0.125. The van der Waals surface area contributed by atoms with E-state index in [0.29, 0.717) is 29.8 Å². The predicted molar refractivity (Wildman–Crippen MR) is 130 cm³/mol. The van der Waals surface area contributed by atoms with E-state index >= 15 is 0 Å². The number of anilines is 1. The number of nitrogens with one attached hydrogen (secondary N) is 3. The maximum Gasteiger partial charge on any atom is 0.262 e. The van der Waals surface area contributed by atoms with Gasteiger partial charge in [0.15, 0.2) is 6.29 Å². The Labute approximate surface area is 197 Å². The molecule has 0 aliphatic carbocycles. The normalized spacial score (nSPS) is 18.7. The molecule has 1 aliphatic rings. The first-order chi connectivity index (χ1) is 16.0. The maximum absolute atomic E-state index is 13.3. The molecule has 0 spiro atoms. The van der Waals surface area contributed by atoms with Crippen LogP contribution in [0.3, 0.4) is 0 Å². The van der Waals surface area contributed by atoms with Gasteiger partial charge < -0.3 is 15.2 Å². The number of carbonyl (C=O) groups excluding carboxylic acids is 2. The van der Waals surface area contributed by atoms with Gasteiger partial charge in [0, 0.05) is 42.4 Å². The number of carbonyl (C=O) groups is 2. The third kappa shape index (κ3) is 4.45. The Balaban J connectivity index is 1.76. The van der Waals surface area contributed by atoms with Gasteiger partial charge in [-0.25, -0.2) is 9.67 Å². The summed E-state index contributed by atoms with van der Waals surface area (Å²) in [5.74, 6) is -0.276. The summed E-state index contributed by atoms with van der Waals surface area (Å²) in [6.07, 6.45) is 1.27. The van der Waals surface area contributed by atoms with Crippen molar-refractivity contribution in [3.63, 3.8) is 0 Å². The number of hydrogen-bond donors (Lipinski definition) is 3. The highest BCUT2D eigenvalue weighted by Crippen LogP contribution is 2.26. The number of hydrogen-bond acceptors (Lipinski definition) is 6. The van der Waals surface area contributed by atoms with Crippen LogP contribution in [-0.2, 0) is 16.8 Å². The summed E-state index contributed by atoms with van der Waals surface area (Å²) >= 11 is 0. The van der Waals surface area contributed by atoms with Crippen LogP contribution < -0.4 is 21.4 Å². The molecule has 34 heavy (non-hydrogen) atoms. The number of nitrogens with zero attached hydrogens (tertiary/aromatic N) is 4. The number of aryl methyl sites for hydroxylation is 2. The molecule has 3 N–H and O–H groups in total. The molecule has 4 heterocycles. The lowest BCUT2D eigenvalue weighted by Gasteiger charge is -2.30. The van der Waals surface area contributed by atoms with Crippen LogP contribution in [0.15, 0.2) is 29.2 Å². The number of rotatable bonds is 4. The number of aromatic nitrogens is 4. The fourth-order valence-corrected chi connectivity index (χ4v) is 3.99. The Kier molecular flexibility index (Phi) is 6.03. The Bertz CT molecular complexity index is 1330. The zero-order chi connectivity index (χ0) is 24.8. The van der Waals surface area contributed by atoms with Crippen molar-refractivity contribution in [1.29, 1.82) is 0 Å². The molecule has 10 heteroatoms. The van der Waals surface area contributed by atoms with E-state index < -0.39 is 12.2 Å². The van der Waals surface area contributed by atoms with Crippen molar-refractivity contribution in [2.75, 3.05) is 5.32 Å². The van der Waals surface area contributed by atoms with E-state index in [0.717, 1.165) is 11.4 Å². The Morgan fingerprint density at radius 3 is 2.65 bits per heavy atom. The highest BCUT2D eigenvalue weighted by atomic mass is 16.2. The molecule has 2 amide bonds. The maximum atomic E-state index is 13.3. The third-order valence-electron chi connectivity index (χ3n) is 5.87. The highest BCUT2D eigenvalue weighted by Gasteiger charge is 2.29. The molecular weight excluding hydrogens is 434 g/mol. The van der Waals surface area contributed by atoms with Crippen LogP contribution in [0.4, 0.5) is 5.82 Å². The molecular formula is C24H31N7O3. The molecule has 0 bridgehead atoms. The van der Waals surface area contributed by atoms with Gasteiger partial charge in [-0.15, -0.1) is 0 Å². The van der Waals surface area contributed by atoms with Crippen molar-refractivity contribution in [3.05, 3.63) is 51.6 Å². The summed E-state index contributed by atoms with van der Waals surface area (Å²) in [5, 5.41) is 14.1. The molecule has 1 fully saturated rings. The average molecular weight is 466 g/mol. The van der Waals surface area contributed by atoms with Crippen LogP contribution in [0.5, 0.6) is 0 Å². The molecule has 3 aromatic heterocycles. The molecule has 1 aliphatic heterocycles. The summed E-state index contributed by atoms with van der Waals surface area (Å²) in [7, 11) is 0. The number of amides is 2. The Morgan fingerprint density at radius 1 is 1.26 bits per heavy atom. The molecule has 3 aromatic rings. The lowest BCUT2D eigenvalue weighted by atomic mass is 9.92. The van der Waals surface area contributed by atoms with Crippen molar-refractivity contribution in [1.82, 2.24) is 30.0 Å². The second-order valence-electron chi connectivity index (χ2n) is 9.79. The van der Waals surface area contributed by atoms with Gasteiger partial charge in [0.25, 0.3) is 5.91 Å².